The van der Waals surface area contributed by atoms with Crippen LogP contribution in [0.3, 0.4) is 0 Å². The fraction of sp³-hybridized carbons (Fsp3) is 0.241. The lowest BCUT2D eigenvalue weighted by atomic mass is 10.0. The summed E-state index contributed by atoms with van der Waals surface area (Å²) < 4.78 is 7.23. The molecule has 7 nitrogen and oxygen atoms in total. The van der Waals surface area contributed by atoms with Crippen molar-refractivity contribution in [2.24, 2.45) is 0 Å². The number of esters is 1. The molecule has 0 saturated heterocycles. The van der Waals surface area contributed by atoms with Crippen LogP contribution in [-0.4, -0.2) is 39.0 Å². The Bertz CT molecular complexity index is 1410. The first kappa shape index (κ1) is 27.3. The number of carbonyl (C=O) groups is 2. The topological polar surface area (TPSA) is 86.1 Å². The molecule has 0 radical (unpaired) electrons. The molecule has 2 aromatic heterocycles. The van der Waals surface area contributed by atoms with E-state index in [-0.39, 0.29) is 18.3 Å². The third-order valence-corrected chi connectivity index (χ3v) is 7.67. The standard InChI is InChI=1S/C29H30N4O3S2/c1-5-16-33-26(22-14-12-20(13-15-22)19(3)4)31-32-29(33)38-18-24(34)30-27-25(28(35)36-6-2)23(17-37-27)21-10-8-7-9-11-21/h5,7-15,17,19H,1,6,16,18H2,2-4H3,(H,30,34). The van der Waals surface area contributed by atoms with Gasteiger partial charge in [-0.05, 0) is 24.0 Å². The maximum Gasteiger partial charge on any atom is 0.341 e. The molecule has 196 valence electrons. The highest BCUT2D eigenvalue weighted by Crippen LogP contribution is 2.36. The number of benzene rings is 2. The van der Waals surface area contributed by atoms with Crippen LogP contribution >= 0.6 is 23.1 Å². The Morgan fingerprint density at radius 1 is 1.11 bits per heavy atom. The average molecular weight is 547 g/mol. The first-order valence-electron chi connectivity index (χ1n) is 12.3. The molecular formula is C29H30N4O3S2. The number of nitrogens with one attached hydrogen (secondary N) is 1. The van der Waals surface area contributed by atoms with Gasteiger partial charge >= 0.3 is 5.97 Å². The number of rotatable bonds is 11. The van der Waals surface area contributed by atoms with E-state index in [1.54, 1.807) is 13.0 Å². The van der Waals surface area contributed by atoms with Crippen molar-refractivity contribution in [1.82, 2.24) is 14.8 Å². The smallest absolute Gasteiger partial charge is 0.341 e. The van der Waals surface area contributed by atoms with Gasteiger partial charge in [-0.15, -0.1) is 28.1 Å². The number of thioether (sulfide) groups is 1. The number of hydrogen-bond donors (Lipinski definition) is 1. The number of aromatic nitrogens is 3. The second-order valence-electron chi connectivity index (χ2n) is 8.76. The summed E-state index contributed by atoms with van der Waals surface area (Å²) in [5.41, 5.74) is 4.18. The van der Waals surface area contributed by atoms with Crippen LogP contribution in [0, 0.1) is 0 Å². The molecule has 38 heavy (non-hydrogen) atoms. The van der Waals surface area contributed by atoms with Gasteiger partial charge in [-0.25, -0.2) is 4.79 Å². The van der Waals surface area contributed by atoms with Crippen molar-refractivity contribution in [3.63, 3.8) is 0 Å². The molecule has 1 amide bonds. The fourth-order valence-electron chi connectivity index (χ4n) is 3.90. The van der Waals surface area contributed by atoms with Crippen molar-refractivity contribution >= 4 is 40.0 Å². The number of anilines is 1. The molecule has 4 rings (SSSR count). The maximum atomic E-state index is 13.0. The van der Waals surface area contributed by atoms with Crippen LogP contribution in [0.4, 0.5) is 5.00 Å². The summed E-state index contributed by atoms with van der Waals surface area (Å²) in [5.74, 6) is 0.546. The lowest BCUT2D eigenvalue weighted by molar-refractivity contribution is -0.113. The normalized spacial score (nSPS) is 10.9. The third kappa shape index (κ3) is 6.23. The van der Waals surface area contributed by atoms with Gasteiger partial charge in [0.15, 0.2) is 11.0 Å². The number of thiophene rings is 1. The van der Waals surface area contributed by atoms with Gasteiger partial charge in [0.25, 0.3) is 0 Å². The van der Waals surface area contributed by atoms with Crippen LogP contribution in [0.1, 0.15) is 42.6 Å². The molecule has 0 aliphatic carbocycles. The van der Waals surface area contributed by atoms with E-state index in [1.807, 2.05) is 52.4 Å². The predicted molar refractivity (Wildman–Crippen MR) is 155 cm³/mol. The van der Waals surface area contributed by atoms with Crippen molar-refractivity contribution in [3.8, 4) is 22.5 Å². The minimum atomic E-state index is -0.464. The van der Waals surface area contributed by atoms with Gasteiger partial charge in [0.1, 0.15) is 10.6 Å². The number of amides is 1. The summed E-state index contributed by atoms with van der Waals surface area (Å²) in [6, 6.07) is 17.8. The van der Waals surface area contributed by atoms with Gasteiger partial charge in [0, 0.05) is 23.1 Å². The Labute approximate surface area is 231 Å². The van der Waals surface area contributed by atoms with Gasteiger partial charge in [-0.2, -0.15) is 0 Å². The van der Waals surface area contributed by atoms with E-state index in [9.17, 15) is 9.59 Å². The first-order chi connectivity index (χ1) is 18.4. The minimum absolute atomic E-state index is 0.0996. The van der Waals surface area contributed by atoms with E-state index in [4.69, 9.17) is 4.74 Å². The van der Waals surface area contributed by atoms with E-state index in [1.165, 1.54) is 28.7 Å². The van der Waals surface area contributed by atoms with E-state index in [0.29, 0.717) is 28.2 Å². The van der Waals surface area contributed by atoms with Crippen molar-refractivity contribution in [3.05, 3.63) is 83.8 Å². The van der Waals surface area contributed by atoms with Gasteiger partial charge < -0.3 is 10.1 Å². The Kier molecular flexibility index (Phi) is 9.15. The van der Waals surface area contributed by atoms with Crippen LogP contribution in [0.2, 0.25) is 0 Å². The number of nitrogens with zero attached hydrogens (tertiary/aromatic N) is 3. The quantitative estimate of drug-likeness (QED) is 0.125. The summed E-state index contributed by atoms with van der Waals surface area (Å²) in [5, 5.41) is 14.6. The number of ether oxygens (including phenoxy) is 1. The van der Waals surface area contributed by atoms with Crippen molar-refractivity contribution in [2.75, 3.05) is 17.7 Å². The maximum absolute atomic E-state index is 13.0. The van der Waals surface area contributed by atoms with E-state index < -0.39 is 5.97 Å². The third-order valence-electron chi connectivity index (χ3n) is 5.80. The molecule has 0 fully saturated rings. The second-order valence-corrected chi connectivity index (χ2v) is 10.6. The van der Waals surface area contributed by atoms with Crippen molar-refractivity contribution in [2.45, 2.75) is 38.4 Å². The second kappa shape index (κ2) is 12.7. The number of hydrogen-bond acceptors (Lipinski definition) is 7. The molecule has 0 saturated carbocycles. The Hall–Kier alpha value is -3.69. The Morgan fingerprint density at radius 3 is 2.50 bits per heavy atom. The van der Waals surface area contributed by atoms with E-state index in [0.717, 1.165) is 22.5 Å². The summed E-state index contributed by atoms with van der Waals surface area (Å²) in [6.07, 6.45) is 1.78. The number of allylic oxidation sites excluding steroid dienone is 1. The molecule has 2 heterocycles. The SMILES string of the molecule is C=CCn1c(SCC(=O)Nc2scc(-c3ccccc3)c2C(=O)OCC)nnc1-c1ccc(C(C)C)cc1. The van der Waals surface area contributed by atoms with Crippen LogP contribution in [0.15, 0.2) is 77.8 Å². The Balaban J connectivity index is 1.51. The summed E-state index contributed by atoms with van der Waals surface area (Å²) in [7, 11) is 0. The lowest BCUT2D eigenvalue weighted by Gasteiger charge is -2.10. The largest absolute Gasteiger partial charge is 0.462 e. The molecule has 4 aromatic rings. The van der Waals surface area contributed by atoms with Crippen molar-refractivity contribution in [1.29, 1.82) is 0 Å². The van der Waals surface area contributed by atoms with Crippen LogP contribution in [0.25, 0.3) is 22.5 Å². The molecule has 2 aromatic carbocycles. The molecule has 0 atom stereocenters. The molecule has 0 aliphatic rings. The van der Waals surface area contributed by atoms with Crippen molar-refractivity contribution < 1.29 is 14.3 Å². The minimum Gasteiger partial charge on any atom is -0.462 e. The fourth-order valence-corrected chi connectivity index (χ4v) is 5.62. The zero-order valence-electron chi connectivity index (χ0n) is 21.6. The highest BCUT2D eigenvalue weighted by atomic mass is 32.2. The van der Waals surface area contributed by atoms with E-state index >= 15 is 0 Å². The molecule has 0 bridgehead atoms. The van der Waals surface area contributed by atoms with Crippen LogP contribution in [-0.2, 0) is 16.1 Å². The van der Waals surface area contributed by atoms with Gasteiger partial charge in [0.05, 0.1) is 12.4 Å². The molecular weight excluding hydrogens is 516 g/mol. The summed E-state index contributed by atoms with van der Waals surface area (Å²) in [6.45, 7) is 10.7. The number of carbonyl (C=O) groups excluding carboxylic acids is 2. The summed E-state index contributed by atoms with van der Waals surface area (Å²) in [4.78, 5) is 25.7. The predicted octanol–water partition coefficient (Wildman–Crippen LogP) is 6.89. The van der Waals surface area contributed by atoms with E-state index in [2.05, 4.69) is 48.1 Å². The first-order valence-corrected chi connectivity index (χ1v) is 14.2. The lowest BCUT2D eigenvalue weighted by Crippen LogP contribution is -2.17. The van der Waals surface area contributed by atoms with Gasteiger partial charge in [0.2, 0.25) is 5.91 Å². The molecule has 9 heteroatoms. The molecule has 0 spiro atoms. The highest BCUT2D eigenvalue weighted by Gasteiger charge is 2.23. The summed E-state index contributed by atoms with van der Waals surface area (Å²) >= 11 is 2.59. The highest BCUT2D eigenvalue weighted by molar-refractivity contribution is 7.99. The molecule has 1 N–H and O–H groups in total. The monoisotopic (exact) mass is 546 g/mol. The average Bonchev–Trinajstić information content (AvgIpc) is 3.52. The molecule has 0 aliphatic heterocycles. The molecule has 0 unspecified atom stereocenters. The Morgan fingerprint density at radius 2 is 1.84 bits per heavy atom. The zero-order valence-corrected chi connectivity index (χ0v) is 23.3. The van der Waals surface area contributed by atoms with Crippen LogP contribution < -0.4 is 5.32 Å². The van der Waals surface area contributed by atoms with Gasteiger partial charge in [-0.3, -0.25) is 9.36 Å². The van der Waals surface area contributed by atoms with Gasteiger partial charge in [-0.1, -0.05) is 86.3 Å². The zero-order chi connectivity index (χ0) is 27.1. The van der Waals surface area contributed by atoms with Crippen LogP contribution in [0.5, 0.6) is 0 Å².